The zero-order valence-electron chi connectivity index (χ0n) is 14.7. The summed E-state index contributed by atoms with van der Waals surface area (Å²) in [6.45, 7) is 1.11. The summed E-state index contributed by atoms with van der Waals surface area (Å²) in [6.07, 6.45) is 2.57. The zero-order chi connectivity index (χ0) is 18.5. The fourth-order valence-electron chi connectivity index (χ4n) is 5.54. The van der Waals surface area contributed by atoms with Crippen LogP contribution in [0.25, 0.3) is 0 Å². The molecule has 1 amide bonds. The van der Waals surface area contributed by atoms with E-state index in [1.807, 2.05) is 4.72 Å². The fraction of sp³-hybridized carbons (Fsp3) is 0.941. The molecule has 0 aromatic heterocycles. The van der Waals surface area contributed by atoms with Crippen LogP contribution in [0.5, 0.6) is 0 Å². The van der Waals surface area contributed by atoms with Gasteiger partial charge in [-0.2, -0.15) is 12.7 Å². The van der Waals surface area contributed by atoms with Gasteiger partial charge in [0.05, 0.1) is 18.7 Å². The van der Waals surface area contributed by atoms with E-state index < -0.39 is 41.0 Å². The van der Waals surface area contributed by atoms with Gasteiger partial charge < -0.3 is 9.84 Å². The third-order valence-corrected chi connectivity index (χ3v) is 8.28. The molecule has 0 radical (unpaired) electrons. The Bertz CT molecular complexity index is 654. The van der Waals surface area contributed by atoms with E-state index in [-0.39, 0.29) is 11.8 Å². The highest BCUT2D eigenvalue weighted by atomic mass is 32.2. The lowest BCUT2D eigenvalue weighted by Crippen LogP contribution is -2.59. The van der Waals surface area contributed by atoms with Crippen molar-refractivity contribution >= 4 is 16.1 Å². The second-order valence-electron chi connectivity index (χ2n) is 8.29. The minimum absolute atomic E-state index is 0.0750. The summed E-state index contributed by atoms with van der Waals surface area (Å²) in [5.41, 5.74) is 0. The Morgan fingerprint density at radius 3 is 2.58 bits per heavy atom. The monoisotopic (exact) mass is 390 g/mol. The molecule has 0 bridgehead atoms. The zero-order valence-corrected chi connectivity index (χ0v) is 15.5. The molecule has 7 atom stereocenters. The molecule has 0 spiro atoms. The number of carbonyl (C=O) groups is 1. The normalized spacial score (nSPS) is 46.5. The number of nitrogens with one attached hydrogen (secondary N) is 1. The quantitative estimate of drug-likeness (QED) is 0.720. The second kappa shape index (κ2) is 7.00. The summed E-state index contributed by atoms with van der Waals surface area (Å²) < 4.78 is 48.0. The molecule has 7 nitrogen and oxygen atoms in total. The molecule has 4 aliphatic rings. The minimum Gasteiger partial charge on any atom is -0.391 e. The number of hydrogen-bond donors (Lipinski definition) is 2. The lowest BCUT2D eigenvalue weighted by molar-refractivity contribution is -0.120. The van der Waals surface area contributed by atoms with Crippen LogP contribution in [0.2, 0.25) is 0 Å². The van der Waals surface area contributed by atoms with E-state index in [0.29, 0.717) is 24.7 Å². The van der Waals surface area contributed by atoms with Gasteiger partial charge >= 0.3 is 10.2 Å². The van der Waals surface area contributed by atoms with E-state index in [4.69, 9.17) is 4.74 Å². The van der Waals surface area contributed by atoms with Crippen molar-refractivity contribution in [1.29, 1.82) is 0 Å². The predicted octanol–water partition coefficient (Wildman–Crippen LogP) is 0.593. The predicted molar refractivity (Wildman–Crippen MR) is 90.9 cm³/mol. The summed E-state index contributed by atoms with van der Waals surface area (Å²) in [5.74, 6) is -0.0325. The van der Waals surface area contributed by atoms with E-state index >= 15 is 4.39 Å². The topological polar surface area (TPSA) is 95.9 Å². The Hall–Kier alpha value is -0.770. The summed E-state index contributed by atoms with van der Waals surface area (Å²) in [5, 5.41) is 10.5. The molecule has 2 aliphatic heterocycles. The Labute approximate surface area is 153 Å². The summed E-state index contributed by atoms with van der Waals surface area (Å²) >= 11 is 0. The number of amides is 1. The van der Waals surface area contributed by atoms with Gasteiger partial charge in [-0.05, 0) is 62.2 Å². The molecule has 148 valence electrons. The molecule has 0 aromatic carbocycles. The Morgan fingerprint density at radius 2 is 1.92 bits per heavy atom. The third-order valence-electron chi connectivity index (χ3n) is 6.81. The number of carbonyl (C=O) groups excluding carboxylic acids is 1. The molecule has 2 heterocycles. The molecule has 9 heteroatoms. The number of rotatable bonds is 2. The highest BCUT2D eigenvalue weighted by molar-refractivity contribution is 7.88. The van der Waals surface area contributed by atoms with Gasteiger partial charge in [0, 0.05) is 13.2 Å². The smallest absolute Gasteiger partial charge is 0.304 e. The van der Waals surface area contributed by atoms with Crippen LogP contribution < -0.4 is 4.72 Å². The average molecular weight is 390 g/mol. The van der Waals surface area contributed by atoms with Crippen LogP contribution in [0.4, 0.5) is 4.39 Å². The number of halogens is 1. The molecule has 2 saturated heterocycles. The van der Waals surface area contributed by atoms with Crippen molar-refractivity contribution in [2.24, 2.45) is 23.7 Å². The Balaban J connectivity index is 1.52. The van der Waals surface area contributed by atoms with Crippen LogP contribution >= 0.6 is 0 Å². The van der Waals surface area contributed by atoms with Gasteiger partial charge in [-0.1, -0.05) is 0 Å². The molecule has 7 unspecified atom stereocenters. The molecule has 2 N–H and O–H groups in total. The number of alkyl halides is 1. The molecular formula is C17H27FN2O5S. The SMILES string of the molecule is O=C1CN(C2C(O)CC3CCC(C4CCCOC4)CC3C2F)S(=O)(=O)N1. The van der Waals surface area contributed by atoms with Crippen LogP contribution in [0.3, 0.4) is 0 Å². The maximum Gasteiger partial charge on any atom is 0.304 e. The number of nitrogens with zero attached hydrogens (tertiary/aromatic N) is 1. The lowest BCUT2D eigenvalue weighted by Gasteiger charge is -2.49. The van der Waals surface area contributed by atoms with Crippen molar-refractivity contribution in [2.45, 2.75) is 56.8 Å². The van der Waals surface area contributed by atoms with Crippen molar-refractivity contribution in [2.75, 3.05) is 19.8 Å². The van der Waals surface area contributed by atoms with Gasteiger partial charge in [0.2, 0.25) is 5.91 Å². The van der Waals surface area contributed by atoms with E-state index in [1.54, 1.807) is 0 Å². The number of hydrogen-bond acceptors (Lipinski definition) is 5. The first kappa shape index (κ1) is 18.6. The van der Waals surface area contributed by atoms with Crippen LogP contribution in [0.1, 0.15) is 38.5 Å². The summed E-state index contributed by atoms with van der Waals surface area (Å²) in [4.78, 5) is 11.5. The van der Waals surface area contributed by atoms with Crippen LogP contribution in [-0.4, -0.2) is 61.8 Å². The number of aliphatic hydroxyl groups is 1. The molecule has 2 aliphatic carbocycles. The average Bonchev–Trinajstić information content (AvgIpc) is 2.88. The summed E-state index contributed by atoms with van der Waals surface area (Å²) in [6, 6.07) is -1.18. The number of fused-ring (bicyclic) bond motifs is 1. The first-order chi connectivity index (χ1) is 12.4. The van der Waals surface area contributed by atoms with Crippen LogP contribution in [-0.2, 0) is 19.7 Å². The van der Waals surface area contributed by atoms with Crippen molar-refractivity contribution in [3.8, 4) is 0 Å². The van der Waals surface area contributed by atoms with Crippen LogP contribution in [0, 0.1) is 23.7 Å². The van der Waals surface area contributed by atoms with E-state index in [0.717, 1.165) is 43.2 Å². The first-order valence-corrected chi connectivity index (χ1v) is 11.0. The van der Waals surface area contributed by atoms with Crippen molar-refractivity contribution < 1.29 is 27.4 Å². The number of aliphatic hydroxyl groups excluding tert-OH is 1. The van der Waals surface area contributed by atoms with Crippen molar-refractivity contribution in [3.05, 3.63) is 0 Å². The first-order valence-electron chi connectivity index (χ1n) is 9.59. The van der Waals surface area contributed by atoms with E-state index in [9.17, 15) is 18.3 Å². The fourth-order valence-corrected chi connectivity index (χ4v) is 6.88. The second-order valence-corrected chi connectivity index (χ2v) is 9.91. The maximum absolute atomic E-state index is 15.5. The number of ether oxygens (including phenoxy) is 1. The van der Waals surface area contributed by atoms with Gasteiger partial charge in [0.1, 0.15) is 6.17 Å². The third kappa shape index (κ3) is 3.27. The largest absolute Gasteiger partial charge is 0.391 e. The minimum atomic E-state index is -4.06. The van der Waals surface area contributed by atoms with Crippen molar-refractivity contribution in [1.82, 2.24) is 9.03 Å². The van der Waals surface area contributed by atoms with Gasteiger partial charge in [-0.3, -0.25) is 4.79 Å². The Morgan fingerprint density at radius 1 is 1.15 bits per heavy atom. The highest BCUT2D eigenvalue weighted by Gasteiger charge is 2.54. The lowest BCUT2D eigenvalue weighted by atomic mass is 9.62. The van der Waals surface area contributed by atoms with Gasteiger partial charge in [-0.15, -0.1) is 0 Å². The molecule has 4 rings (SSSR count). The molecule has 2 saturated carbocycles. The van der Waals surface area contributed by atoms with E-state index in [2.05, 4.69) is 0 Å². The van der Waals surface area contributed by atoms with Crippen molar-refractivity contribution in [3.63, 3.8) is 0 Å². The summed E-state index contributed by atoms with van der Waals surface area (Å²) in [7, 11) is -4.06. The molecular weight excluding hydrogens is 363 g/mol. The van der Waals surface area contributed by atoms with Gasteiger partial charge in [-0.25, -0.2) is 9.11 Å². The van der Waals surface area contributed by atoms with Gasteiger partial charge in [0.15, 0.2) is 0 Å². The molecule has 26 heavy (non-hydrogen) atoms. The highest BCUT2D eigenvalue weighted by Crippen LogP contribution is 2.48. The van der Waals surface area contributed by atoms with Crippen LogP contribution in [0.15, 0.2) is 0 Å². The maximum atomic E-state index is 15.5. The molecule has 4 fully saturated rings. The Kier molecular flexibility index (Phi) is 5.00. The van der Waals surface area contributed by atoms with E-state index in [1.165, 1.54) is 0 Å². The molecule has 0 aromatic rings. The van der Waals surface area contributed by atoms with Gasteiger partial charge in [0.25, 0.3) is 0 Å². The standard InChI is InChI=1S/C17H27FN2O5S/c18-16-13-6-10(12-2-1-5-25-9-12)3-4-11(13)7-14(21)17(16)20-8-15(22)19-26(20,23)24/h10-14,16-17,21H,1-9H2,(H,19,22).